The van der Waals surface area contributed by atoms with Crippen LogP contribution < -0.4 is 0 Å². The molecular weight excluding hydrogens is 296 g/mol. The third-order valence-corrected chi connectivity index (χ3v) is 5.27. The van der Waals surface area contributed by atoms with E-state index in [2.05, 4.69) is 41.1 Å². The van der Waals surface area contributed by atoms with E-state index in [9.17, 15) is 0 Å². The van der Waals surface area contributed by atoms with Gasteiger partial charge in [-0.1, -0.05) is 60.2 Å². The highest BCUT2D eigenvalue weighted by Gasteiger charge is 2.27. The molecule has 0 nitrogen and oxygen atoms in total. The van der Waals surface area contributed by atoms with E-state index < -0.39 is 0 Å². The highest BCUT2D eigenvalue weighted by atomic mass is 79.9. The highest BCUT2D eigenvalue weighted by molar-refractivity contribution is 9.10. The molecule has 0 radical (unpaired) electrons. The van der Waals surface area contributed by atoms with Crippen molar-refractivity contribution in [1.29, 1.82) is 0 Å². The van der Waals surface area contributed by atoms with Crippen molar-refractivity contribution in [2.45, 2.75) is 58.3 Å². The third-order valence-electron chi connectivity index (χ3n) is 4.78. The lowest BCUT2D eigenvalue weighted by Crippen LogP contribution is -2.08. The van der Waals surface area contributed by atoms with E-state index in [0.29, 0.717) is 0 Å². The lowest BCUT2D eigenvalue weighted by molar-refractivity contribution is 0.417. The van der Waals surface area contributed by atoms with Crippen LogP contribution in [0.15, 0.2) is 28.2 Å². The van der Waals surface area contributed by atoms with Crippen molar-refractivity contribution >= 4 is 21.5 Å². The maximum Gasteiger partial charge on any atom is 0.0178 e. The summed E-state index contributed by atoms with van der Waals surface area (Å²) in [6.45, 7) is 2.30. The maximum absolute atomic E-state index is 3.60. The van der Waals surface area contributed by atoms with Crippen LogP contribution in [0, 0.1) is 5.92 Å². The summed E-state index contributed by atoms with van der Waals surface area (Å²) in [7, 11) is 0. The van der Waals surface area contributed by atoms with Gasteiger partial charge in [0.25, 0.3) is 0 Å². The molecule has 3 rings (SSSR count). The average Bonchev–Trinajstić information content (AvgIpc) is 2.75. The summed E-state index contributed by atoms with van der Waals surface area (Å²) < 4.78 is 1.23. The molecule has 1 heteroatoms. The Bertz CT molecular complexity index is 498. The van der Waals surface area contributed by atoms with Gasteiger partial charge in [0.1, 0.15) is 0 Å². The molecule has 1 atom stereocenters. The van der Waals surface area contributed by atoms with Crippen molar-refractivity contribution in [2.75, 3.05) is 0 Å². The Labute approximate surface area is 125 Å². The molecular formula is C18H23Br. The number of unbranched alkanes of at least 4 members (excludes halogenated alkanes) is 2. The summed E-state index contributed by atoms with van der Waals surface area (Å²) in [4.78, 5) is 0. The van der Waals surface area contributed by atoms with Gasteiger partial charge >= 0.3 is 0 Å². The quantitative estimate of drug-likeness (QED) is 0.585. The molecule has 0 amide bonds. The zero-order valence-corrected chi connectivity index (χ0v) is 13.4. The first-order valence-corrected chi connectivity index (χ1v) is 8.57. The topological polar surface area (TPSA) is 0 Å². The van der Waals surface area contributed by atoms with Gasteiger partial charge in [-0.3, -0.25) is 0 Å². The molecule has 0 aromatic heterocycles. The fourth-order valence-corrected chi connectivity index (χ4v) is 4.17. The fraction of sp³-hybridized carbons (Fsp3) is 0.556. The number of rotatable bonds is 4. The van der Waals surface area contributed by atoms with Crippen LogP contribution in [0.1, 0.15) is 63.0 Å². The van der Waals surface area contributed by atoms with Crippen LogP contribution in [0.25, 0.3) is 5.57 Å². The van der Waals surface area contributed by atoms with Crippen LogP contribution in [0.4, 0.5) is 0 Å². The molecule has 0 fully saturated rings. The molecule has 0 bridgehead atoms. The first kappa shape index (κ1) is 13.4. The summed E-state index contributed by atoms with van der Waals surface area (Å²) >= 11 is 3.60. The van der Waals surface area contributed by atoms with E-state index in [1.54, 1.807) is 22.3 Å². The fourth-order valence-electron chi connectivity index (χ4n) is 3.77. The SMILES string of the molecule is CCCCCC1CCC2=C(Cc3cc(Br)ccc32)C1. The van der Waals surface area contributed by atoms with Gasteiger partial charge < -0.3 is 0 Å². The minimum atomic E-state index is 0.961. The zero-order valence-electron chi connectivity index (χ0n) is 11.8. The minimum Gasteiger partial charge on any atom is -0.0654 e. The first-order valence-electron chi connectivity index (χ1n) is 7.77. The summed E-state index contributed by atoms with van der Waals surface area (Å²) in [5.41, 5.74) is 6.54. The third kappa shape index (κ3) is 2.81. The molecule has 1 unspecified atom stereocenters. The molecule has 0 saturated heterocycles. The van der Waals surface area contributed by atoms with Crippen molar-refractivity contribution in [1.82, 2.24) is 0 Å². The number of halogens is 1. The van der Waals surface area contributed by atoms with E-state index in [0.717, 1.165) is 5.92 Å². The lowest BCUT2D eigenvalue weighted by Gasteiger charge is -2.24. The molecule has 0 spiro atoms. The minimum absolute atomic E-state index is 0.961. The van der Waals surface area contributed by atoms with Gasteiger partial charge in [0.15, 0.2) is 0 Å². The molecule has 0 saturated carbocycles. The molecule has 0 aliphatic heterocycles. The monoisotopic (exact) mass is 318 g/mol. The number of hydrogen-bond acceptors (Lipinski definition) is 0. The Morgan fingerprint density at radius 3 is 3.00 bits per heavy atom. The van der Waals surface area contributed by atoms with Crippen molar-refractivity contribution in [3.63, 3.8) is 0 Å². The van der Waals surface area contributed by atoms with Crippen LogP contribution in [0.3, 0.4) is 0 Å². The van der Waals surface area contributed by atoms with Crippen LogP contribution >= 0.6 is 15.9 Å². The van der Waals surface area contributed by atoms with E-state index >= 15 is 0 Å². The molecule has 2 aliphatic carbocycles. The van der Waals surface area contributed by atoms with E-state index in [1.807, 2.05) is 0 Å². The van der Waals surface area contributed by atoms with Gasteiger partial charge in [0.05, 0.1) is 0 Å². The van der Waals surface area contributed by atoms with E-state index in [1.165, 1.54) is 55.8 Å². The Hall–Kier alpha value is -0.560. The Balaban J connectivity index is 1.69. The van der Waals surface area contributed by atoms with Crippen LogP contribution in [0.2, 0.25) is 0 Å². The largest absolute Gasteiger partial charge is 0.0654 e. The van der Waals surface area contributed by atoms with Gasteiger partial charge in [-0.05, 0) is 60.4 Å². The zero-order chi connectivity index (χ0) is 13.2. The van der Waals surface area contributed by atoms with Crippen molar-refractivity contribution < 1.29 is 0 Å². The van der Waals surface area contributed by atoms with E-state index in [-0.39, 0.29) is 0 Å². The second-order valence-corrected chi connectivity index (χ2v) is 7.08. The Kier molecular flexibility index (Phi) is 4.12. The van der Waals surface area contributed by atoms with Crippen molar-refractivity contribution in [3.05, 3.63) is 39.4 Å². The molecule has 0 N–H and O–H groups in total. The second kappa shape index (κ2) is 5.83. The number of benzene rings is 1. The highest BCUT2D eigenvalue weighted by Crippen LogP contribution is 2.45. The maximum atomic E-state index is 3.60. The predicted octanol–water partition coefficient (Wildman–Crippen LogP) is 6.14. The molecule has 2 aliphatic rings. The number of fused-ring (bicyclic) bond motifs is 2. The predicted molar refractivity (Wildman–Crippen MR) is 86.2 cm³/mol. The normalized spacial score (nSPS) is 21.5. The lowest BCUT2D eigenvalue weighted by atomic mass is 9.81. The second-order valence-electron chi connectivity index (χ2n) is 6.16. The van der Waals surface area contributed by atoms with Crippen LogP contribution in [-0.4, -0.2) is 0 Å². The Morgan fingerprint density at radius 2 is 2.16 bits per heavy atom. The van der Waals surface area contributed by atoms with Crippen LogP contribution in [-0.2, 0) is 6.42 Å². The number of hydrogen-bond donors (Lipinski definition) is 0. The molecule has 1 aromatic rings. The standard InChI is InChI=1S/C18H23Br/c1-2-3-4-5-13-6-8-17-14(10-13)11-15-12-16(19)7-9-18(15)17/h7,9,12-13H,2-6,8,10-11H2,1H3. The van der Waals surface area contributed by atoms with Crippen molar-refractivity contribution in [3.8, 4) is 0 Å². The first-order chi connectivity index (χ1) is 9.28. The summed E-state index contributed by atoms with van der Waals surface area (Å²) in [5.74, 6) is 0.961. The molecule has 19 heavy (non-hydrogen) atoms. The summed E-state index contributed by atoms with van der Waals surface area (Å²) in [5, 5.41) is 0. The molecule has 1 aromatic carbocycles. The van der Waals surface area contributed by atoms with Crippen LogP contribution in [0.5, 0.6) is 0 Å². The number of allylic oxidation sites excluding steroid dienone is 2. The van der Waals surface area contributed by atoms with Gasteiger partial charge in [-0.25, -0.2) is 0 Å². The van der Waals surface area contributed by atoms with E-state index in [4.69, 9.17) is 0 Å². The van der Waals surface area contributed by atoms with Gasteiger partial charge in [0, 0.05) is 4.47 Å². The van der Waals surface area contributed by atoms with Gasteiger partial charge in [-0.15, -0.1) is 0 Å². The van der Waals surface area contributed by atoms with Gasteiger partial charge in [0.2, 0.25) is 0 Å². The smallest absolute Gasteiger partial charge is 0.0178 e. The summed E-state index contributed by atoms with van der Waals surface area (Å²) in [6.07, 6.45) is 11.0. The Morgan fingerprint density at radius 1 is 1.26 bits per heavy atom. The van der Waals surface area contributed by atoms with Crippen molar-refractivity contribution in [2.24, 2.45) is 5.92 Å². The van der Waals surface area contributed by atoms with Gasteiger partial charge in [-0.2, -0.15) is 0 Å². The molecule has 0 heterocycles. The summed E-state index contributed by atoms with van der Waals surface area (Å²) in [6, 6.07) is 6.83. The molecule has 102 valence electrons. The average molecular weight is 319 g/mol.